The van der Waals surface area contributed by atoms with E-state index in [2.05, 4.69) is 56.7 Å². The Kier molecular flexibility index (Phi) is 7.13. The summed E-state index contributed by atoms with van der Waals surface area (Å²) in [6.07, 6.45) is 25.6. The Morgan fingerprint density at radius 1 is 0.743 bits per heavy atom. The first-order valence-corrected chi connectivity index (χ1v) is 18.3. The van der Waals surface area contributed by atoms with Crippen molar-refractivity contribution in [3.05, 3.63) is 35.9 Å². The zero-order valence-electron chi connectivity index (χ0n) is 23.3. The summed E-state index contributed by atoms with van der Waals surface area (Å²) in [6, 6.07) is 11.9. The molecule has 35 heavy (non-hydrogen) atoms. The zero-order chi connectivity index (χ0) is 24.2. The second-order valence-electron chi connectivity index (χ2n) is 14.3. The van der Waals surface area contributed by atoms with Gasteiger partial charge < -0.3 is 0 Å². The lowest BCUT2D eigenvalue weighted by molar-refractivity contribution is 0.123. The lowest BCUT2D eigenvalue weighted by atomic mass is 9.62. The molecular weight excluding hydrogens is 440 g/mol. The fourth-order valence-electron chi connectivity index (χ4n) is 11.3. The predicted octanol–water partition coefficient (Wildman–Crippen LogP) is 9.68. The number of hydrogen-bond donors (Lipinski definition) is 0. The van der Waals surface area contributed by atoms with E-state index in [0.29, 0.717) is 0 Å². The van der Waals surface area contributed by atoms with Crippen LogP contribution in [0.1, 0.15) is 109 Å². The van der Waals surface area contributed by atoms with Crippen molar-refractivity contribution in [2.75, 3.05) is 12.5 Å². The van der Waals surface area contributed by atoms with E-state index in [1.54, 1.807) is 37.7 Å². The van der Waals surface area contributed by atoms with Gasteiger partial charge in [0.15, 0.2) is 0 Å². The molecule has 0 spiro atoms. The average Bonchev–Trinajstić information content (AvgIpc) is 3.60. The maximum absolute atomic E-state index is 2.86. The minimum absolute atomic E-state index is 0.595. The average molecular weight is 495 g/mol. The standard InChI is InChI=1S/C34H54S/c1-5-12-23(2)30-22-33(28-17-10-9-16-27(28)30)35(3,4)32-20-19-29-31(32)21-25-15-11-18-26(25)34(29)24-13-7-6-8-14-24/h6-8,13-14,23,25-34H,5,9-12,15-22H2,1-4H3. The normalized spacial score (nSPS) is 44.5. The zero-order valence-corrected chi connectivity index (χ0v) is 24.2. The van der Waals surface area contributed by atoms with Crippen LogP contribution in [0.4, 0.5) is 0 Å². The summed E-state index contributed by atoms with van der Waals surface area (Å²) in [5, 5.41) is 2.12. The van der Waals surface area contributed by atoms with E-state index in [1.807, 2.05) is 0 Å². The summed E-state index contributed by atoms with van der Waals surface area (Å²) < 4.78 is 0. The van der Waals surface area contributed by atoms with Crippen molar-refractivity contribution < 1.29 is 0 Å². The van der Waals surface area contributed by atoms with Gasteiger partial charge in [0.2, 0.25) is 0 Å². The van der Waals surface area contributed by atoms with E-state index in [-0.39, 0.29) is 0 Å². The molecule has 1 heteroatoms. The van der Waals surface area contributed by atoms with Crippen LogP contribution in [-0.2, 0) is 0 Å². The smallest absolute Gasteiger partial charge is 0.00802 e. The molecule has 0 N–H and O–H groups in total. The van der Waals surface area contributed by atoms with Gasteiger partial charge in [0.25, 0.3) is 0 Å². The fraction of sp³-hybridized carbons (Fsp3) is 0.824. The van der Waals surface area contributed by atoms with Gasteiger partial charge in [0, 0.05) is 0 Å². The highest BCUT2D eigenvalue weighted by Crippen LogP contribution is 2.71. The van der Waals surface area contributed by atoms with E-state index in [0.717, 1.165) is 63.8 Å². The van der Waals surface area contributed by atoms with Crippen LogP contribution in [0.25, 0.3) is 0 Å². The largest absolute Gasteiger partial charge is 0.241 e. The number of fused-ring (bicyclic) bond motifs is 3. The fourth-order valence-corrected chi connectivity index (χ4v) is 15.7. The summed E-state index contributed by atoms with van der Waals surface area (Å²) in [5.74, 6) is 9.03. The number of hydrogen-bond acceptors (Lipinski definition) is 0. The van der Waals surface area contributed by atoms with Crippen molar-refractivity contribution in [3.63, 3.8) is 0 Å². The van der Waals surface area contributed by atoms with Crippen LogP contribution in [0.15, 0.2) is 30.3 Å². The van der Waals surface area contributed by atoms with Gasteiger partial charge in [-0.25, -0.2) is 10.0 Å². The van der Waals surface area contributed by atoms with E-state index in [1.165, 1.54) is 51.4 Å². The van der Waals surface area contributed by atoms with Gasteiger partial charge in [-0.2, -0.15) is 0 Å². The first kappa shape index (κ1) is 24.9. The molecule has 11 atom stereocenters. The molecule has 0 heterocycles. The van der Waals surface area contributed by atoms with Crippen molar-refractivity contribution in [2.24, 2.45) is 47.3 Å². The molecule has 0 nitrogen and oxygen atoms in total. The van der Waals surface area contributed by atoms with Crippen molar-refractivity contribution in [2.45, 2.75) is 114 Å². The Hall–Kier alpha value is -0.430. The van der Waals surface area contributed by atoms with Crippen LogP contribution in [0.2, 0.25) is 0 Å². The van der Waals surface area contributed by atoms with Gasteiger partial charge in [0.1, 0.15) is 0 Å². The van der Waals surface area contributed by atoms with Crippen LogP contribution >= 0.6 is 10.0 Å². The second-order valence-corrected chi connectivity index (χ2v) is 18.5. The van der Waals surface area contributed by atoms with Crippen molar-refractivity contribution in [1.29, 1.82) is 0 Å². The SMILES string of the molecule is CCCC(C)C1CC(S(C)(C)C2CCC3C2CC2CCCC2C3c2ccccc2)C2CCCCC12. The topological polar surface area (TPSA) is 0 Å². The molecule has 1 aromatic rings. The highest BCUT2D eigenvalue weighted by molar-refractivity contribution is 8.33. The molecule has 0 saturated heterocycles. The van der Waals surface area contributed by atoms with Gasteiger partial charge in [-0.15, -0.1) is 0 Å². The minimum Gasteiger partial charge on any atom is -0.241 e. The Bertz CT molecular complexity index is 843. The minimum atomic E-state index is -0.595. The summed E-state index contributed by atoms with van der Waals surface area (Å²) in [7, 11) is -0.595. The van der Waals surface area contributed by atoms with Gasteiger partial charge in [-0.3, -0.25) is 0 Å². The molecule has 11 unspecified atom stereocenters. The van der Waals surface area contributed by atoms with Crippen LogP contribution in [0.5, 0.6) is 0 Å². The molecule has 1 aromatic carbocycles. The van der Waals surface area contributed by atoms with Crippen LogP contribution in [-0.4, -0.2) is 23.0 Å². The van der Waals surface area contributed by atoms with Gasteiger partial charge in [-0.05, 0) is 127 Å². The summed E-state index contributed by atoms with van der Waals surface area (Å²) in [6.45, 7) is 5.04. The Morgan fingerprint density at radius 3 is 2.26 bits per heavy atom. The molecule has 5 aliphatic rings. The highest BCUT2D eigenvalue weighted by atomic mass is 32.3. The van der Waals surface area contributed by atoms with Gasteiger partial charge >= 0.3 is 0 Å². The van der Waals surface area contributed by atoms with Crippen molar-refractivity contribution >= 4 is 10.0 Å². The Balaban J connectivity index is 1.28. The molecular formula is C34H54S. The molecule has 6 rings (SSSR count). The molecule has 5 fully saturated rings. The Morgan fingerprint density at radius 2 is 1.49 bits per heavy atom. The first-order valence-electron chi connectivity index (χ1n) is 15.8. The lowest BCUT2D eigenvalue weighted by Crippen LogP contribution is -2.41. The van der Waals surface area contributed by atoms with Gasteiger partial charge in [-0.1, -0.05) is 82.7 Å². The van der Waals surface area contributed by atoms with Crippen LogP contribution in [0.3, 0.4) is 0 Å². The quantitative estimate of drug-likeness (QED) is 0.369. The Labute approximate surface area is 219 Å². The summed E-state index contributed by atoms with van der Waals surface area (Å²) >= 11 is 0. The maximum atomic E-state index is 2.86. The third-order valence-electron chi connectivity index (χ3n) is 12.7. The van der Waals surface area contributed by atoms with Gasteiger partial charge in [0.05, 0.1) is 0 Å². The highest BCUT2D eigenvalue weighted by Gasteiger charge is 2.57. The molecule has 196 valence electrons. The molecule has 0 aromatic heterocycles. The van der Waals surface area contributed by atoms with E-state index < -0.39 is 10.0 Å². The predicted molar refractivity (Wildman–Crippen MR) is 155 cm³/mol. The number of benzene rings is 1. The molecule has 5 aliphatic carbocycles. The molecule has 0 radical (unpaired) electrons. The third kappa shape index (κ3) is 4.27. The molecule has 0 bridgehead atoms. The third-order valence-corrected chi connectivity index (χ3v) is 16.9. The lowest BCUT2D eigenvalue weighted by Gasteiger charge is -2.53. The van der Waals surface area contributed by atoms with Crippen LogP contribution < -0.4 is 0 Å². The summed E-state index contributed by atoms with van der Waals surface area (Å²) in [4.78, 5) is 0. The van der Waals surface area contributed by atoms with E-state index in [4.69, 9.17) is 0 Å². The van der Waals surface area contributed by atoms with E-state index in [9.17, 15) is 0 Å². The summed E-state index contributed by atoms with van der Waals surface area (Å²) in [5.41, 5.74) is 1.70. The van der Waals surface area contributed by atoms with Crippen LogP contribution in [0, 0.1) is 47.3 Å². The first-order chi connectivity index (χ1) is 17.0. The van der Waals surface area contributed by atoms with Crippen molar-refractivity contribution in [1.82, 2.24) is 0 Å². The maximum Gasteiger partial charge on any atom is -0.00802 e. The number of rotatable bonds is 6. The van der Waals surface area contributed by atoms with E-state index >= 15 is 0 Å². The van der Waals surface area contributed by atoms with Crippen molar-refractivity contribution in [3.8, 4) is 0 Å². The monoisotopic (exact) mass is 494 g/mol. The molecule has 0 aliphatic heterocycles. The second kappa shape index (κ2) is 10.0. The molecule has 5 saturated carbocycles. The molecule has 0 amide bonds.